The van der Waals surface area contributed by atoms with Crippen molar-refractivity contribution in [3.63, 3.8) is 0 Å². The van der Waals surface area contributed by atoms with Crippen LogP contribution in [0.4, 0.5) is 10.1 Å². The van der Waals surface area contributed by atoms with E-state index in [-0.39, 0.29) is 10.5 Å². The predicted octanol–water partition coefficient (Wildman–Crippen LogP) is 4.72. The number of carbonyl (C=O) groups is 1. The standard InChI is InChI=1S/C26H23FN4O3S/c27-20-13-11-19(12-14-20)25-24(18-31(29-25)22-8-2-1-3-9-22)26(32)28-21-7-6-10-23(17-21)35(33,34)30-15-4-5-16-30/h1-3,6-14,17-18H,4-5,15-16H2,(H,28,32). The van der Waals surface area contributed by atoms with E-state index < -0.39 is 21.7 Å². The number of carbonyl (C=O) groups excluding carboxylic acids is 1. The van der Waals surface area contributed by atoms with E-state index in [9.17, 15) is 17.6 Å². The van der Waals surface area contributed by atoms with Crippen molar-refractivity contribution >= 4 is 21.6 Å². The van der Waals surface area contributed by atoms with Crippen LogP contribution < -0.4 is 5.32 Å². The second-order valence-corrected chi connectivity index (χ2v) is 10.2. The van der Waals surface area contributed by atoms with E-state index in [1.54, 1.807) is 35.1 Å². The summed E-state index contributed by atoms with van der Waals surface area (Å²) in [5, 5.41) is 7.38. The molecule has 4 aromatic rings. The summed E-state index contributed by atoms with van der Waals surface area (Å²) in [6.07, 6.45) is 3.29. The van der Waals surface area contributed by atoms with Crippen molar-refractivity contribution in [2.45, 2.75) is 17.7 Å². The van der Waals surface area contributed by atoms with Crippen LogP contribution in [0.2, 0.25) is 0 Å². The van der Waals surface area contributed by atoms with Gasteiger partial charge < -0.3 is 5.32 Å². The molecule has 0 aliphatic carbocycles. The molecule has 1 aromatic heterocycles. The summed E-state index contributed by atoms with van der Waals surface area (Å²) in [4.78, 5) is 13.5. The SMILES string of the molecule is O=C(Nc1cccc(S(=O)(=O)N2CCCC2)c1)c1cn(-c2ccccc2)nc1-c1ccc(F)cc1. The normalized spacial score (nSPS) is 14.2. The molecular weight excluding hydrogens is 467 g/mol. The molecule has 0 unspecified atom stereocenters. The van der Waals surface area contributed by atoms with Gasteiger partial charge in [0.05, 0.1) is 16.1 Å². The Morgan fingerprint density at radius 2 is 1.63 bits per heavy atom. The van der Waals surface area contributed by atoms with Gasteiger partial charge in [0.1, 0.15) is 11.5 Å². The molecule has 5 rings (SSSR count). The molecule has 3 aromatic carbocycles. The van der Waals surface area contributed by atoms with Crippen molar-refractivity contribution < 1.29 is 17.6 Å². The number of anilines is 1. The smallest absolute Gasteiger partial charge is 0.259 e. The molecule has 1 aliphatic heterocycles. The maximum absolute atomic E-state index is 13.5. The summed E-state index contributed by atoms with van der Waals surface area (Å²) in [6, 6.07) is 21.3. The van der Waals surface area contributed by atoms with Gasteiger partial charge in [0.15, 0.2) is 0 Å². The zero-order valence-corrected chi connectivity index (χ0v) is 19.6. The minimum atomic E-state index is -3.62. The molecule has 1 fully saturated rings. The number of benzene rings is 3. The van der Waals surface area contributed by atoms with E-state index in [4.69, 9.17) is 0 Å². The van der Waals surface area contributed by atoms with Crippen LogP contribution in [0.1, 0.15) is 23.2 Å². The van der Waals surface area contributed by atoms with E-state index in [0.29, 0.717) is 30.0 Å². The number of sulfonamides is 1. The Labute approximate surface area is 202 Å². The fraction of sp³-hybridized carbons (Fsp3) is 0.154. The van der Waals surface area contributed by atoms with Crippen LogP contribution in [0.25, 0.3) is 16.9 Å². The van der Waals surface area contributed by atoms with Crippen molar-refractivity contribution in [3.05, 3.63) is 96.4 Å². The van der Waals surface area contributed by atoms with Gasteiger partial charge in [0.2, 0.25) is 10.0 Å². The second-order valence-electron chi connectivity index (χ2n) is 8.27. The lowest BCUT2D eigenvalue weighted by atomic mass is 10.1. The maximum atomic E-state index is 13.5. The van der Waals surface area contributed by atoms with Crippen molar-refractivity contribution in [2.75, 3.05) is 18.4 Å². The Balaban J connectivity index is 1.48. The molecule has 0 bridgehead atoms. The van der Waals surface area contributed by atoms with E-state index >= 15 is 0 Å². The number of nitrogens with one attached hydrogen (secondary N) is 1. The first-order chi connectivity index (χ1) is 16.9. The summed E-state index contributed by atoms with van der Waals surface area (Å²) in [5.41, 5.74) is 2.35. The number of para-hydroxylation sites is 1. The van der Waals surface area contributed by atoms with Crippen LogP contribution >= 0.6 is 0 Å². The zero-order chi connectivity index (χ0) is 24.4. The average molecular weight is 491 g/mol. The molecule has 7 nitrogen and oxygen atoms in total. The number of hydrogen-bond donors (Lipinski definition) is 1. The molecule has 1 saturated heterocycles. The van der Waals surface area contributed by atoms with Crippen LogP contribution in [0.15, 0.2) is 90.0 Å². The summed E-state index contributed by atoms with van der Waals surface area (Å²) in [5.74, 6) is -0.847. The van der Waals surface area contributed by atoms with Crippen LogP contribution in [-0.4, -0.2) is 41.5 Å². The summed E-state index contributed by atoms with van der Waals surface area (Å²) >= 11 is 0. The fourth-order valence-electron chi connectivity index (χ4n) is 4.08. The summed E-state index contributed by atoms with van der Waals surface area (Å²) in [7, 11) is -3.62. The first-order valence-corrected chi connectivity index (χ1v) is 12.7. The summed E-state index contributed by atoms with van der Waals surface area (Å²) < 4.78 is 42.4. The third-order valence-electron chi connectivity index (χ3n) is 5.89. The number of halogens is 1. The highest BCUT2D eigenvalue weighted by atomic mass is 32.2. The van der Waals surface area contributed by atoms with Crippen molar-refractivity contribution in [3.8, 4) is 16.9 Å². The quantitative estimate of drug-likeness (QED) is 0.424. The molecule has 178 valence electrons. The van der Waals surface area contributed by atoms with Gasteiger partial charge in [-0.3, -0.25) is 4.79 Å². The van der Waals surface area contributed by atoms with Crippen LogP contribution in [-0.2, 0) is 10.0 Å². The van der Waals surface area contributed by atoms with Gasteiger partial charge >= 0.3 is 0 Å². The molecule has 35 heavy (non-hydrogen) atoms. The van der Waals surface area contributed by atoms with Gasteiger partial charge in [0.25, 0.3) is 5.91 Å². The van der Waals surface area contributed by atoms with Crippen LogP contribution in [0, 0.1) is 5.82 Å². The van der Waals surface area contributed by atoms with Crippen molar-refractivity contribution in [2.24, 2.45) is 0 Å². The molecule has 9 heteroatoms. The molecule has 0 spiro atoms. The molecule has 0 atom stereocenters. The number of nitrogens with zero attached hydrogens (tertiary/aromatic N) is 3. The monoisotopic (exact) mass is 490 g/mol. The Kier molecular flexibility index (Phi) is 6.19. The van der Waals surface area contributed by atoms with Crippen LogP contribution in [0.5, 0.6) is 0 Å². The molecule has 0 saturated carbocycles. The van der Waals surface area contributed by atoms with E-state index in [2.05, 4.69) is 10.4 Å². The number of rotatable bonds is 6. The molecule has 2 heterocycles. The maximum Gasteiger partial charge on any atom is 0.259 e. The third kappa shape index (κ3) is 4.73. The Bertz CT molecular complexity index is 1460. The van der Waals surface area contributed by atoms with E-state index in [1.807, 2.05) is 30.3 Å². The Morgan fingerprint density at radius 3 is 2.34 bits per heavy atom. The largest absolute Gasteiger partial charge is 0.322 e. The van der Waals surface area contributed by atoms with Crippen LogP contribution in [0.3, 0.4) is 0 Å². The predicted molar refractivity (Wildman–Crippen MR) is 131 cm³/mol. The lowest BCUT2D eigenvalue weighted by molar-refractivity contribution is 0.102. The third-order valence-corrected chi connectivity index (χ3v) is 7.79. The second kappa shape index (κ2) is 9.44. The first-order valence-electron chi connectivity index (χ1n) is 11.2. The molecule has 1 amide bonds. The highest BCUT2D eigenvalue weighted by Crippen LogP contribution is 2.27. The van der Waals surface area contributed by atoms with Crippen molar-refractivity contribution in [1.29, 1.82) is 0 Å². The topological polar surface area (TPSA) is 84.3 Å². The molecule has 0 radical (unpaired) electrons. The zero-order valence-electron chi connectivity index (χ0n) is 18.8. The van der Waals surface area contributed by atoms with Gasteiger partial charge in [-0.2, -0.15) is 9.40 Å². The number of aromatic nitrogens is 2. The van der Waals surface area contributed by atoms with Gasteiger partial charge in [0, 0.05) is 30.5 Å². The van der Waals surface area contributed by atoms with Gasteiger partial charge in [-0.05, 0) is 67.4 Å². The van der Waals surface area contributed by atoms with E-state index in [1.165, 1.54) is 28.6 Å². The minimum absolute atomic E-state index is 0.135. The fourth-order valence-corrected chi connectivity index (χ4v) is 5.65. The summed E-state index contributed by atoms with van der Waals surface area (Å²) in [6.45, 7) is 0.997. The molecule has 1 aliphatic rings. The first kappa shape index (κ1) is 22.9. The van der Waals surface area contributed by atoms with Crippen molar-refractivity contribution in [1.82, 2.24) is 14.1 Å². The molecule has 1 N–H and O–H groups in total. The van der Waals surface area contributed by atoms with Gasteiger partial charge in [-0.15, -0.1) is 0 Å². The van der Waals surface area contributed by atoms with Gasteiger partial charge in [-0.25, -0.2) is 17.5 Å². The Morgan fingerprint density at radius 1 is 0.914 bits per heavy atom. The Hall–Kier alpha value is -3.82. The number of amides is 1. The lowest BCUT2D eigenvalue weighted by Gasteiger charge is -2.16. The minimum Gasteiger partial charge on any atom is -0.322 e. The lowest BCUT2D eigenvalue weighted by Crippen LogP contribution is -2.27. The highest BCUT2D eigenvalue weighted by molar-refractivity contribution is 7.89. The van der Waals surface area contributed by atoms with Gasteiger partial charge in [-0.1, -0.05) is 24.3 Å². The number of hydrogen-bond acceptors (Lipinski definition) is 4. The average Bonchev–Trinajstić information content (AvgIpc) is 3.57. The molecular formula is C26H23FN4O3S. The van der Waals surface area contributed by atoms with E-state index in [0.717, 1.165) is 18.5 Å². The highest BCUT2D eigenvalue weighted by Gasteiger charge is 2.27.